The SMILES string of the molecule is CC(=O)Nc1ccc(S(=O)(=O)N2CCc3ccccc3C2CC(=O)NCc2ccc(F)cc2)cc1. The number of hydrogen-bond donors (Lipinski definition) is 2. The molecular weight excluding hydrogens is 469 g/mol. The molecule has 35 heavy (non-hydrogen) atoms. The van der Waals surface area contributed by atoms with Gasteiger partial charge < -0.3 is 10.6 Å². The Labute approximate surface area is 204 Å². The molecule has 0 radical (unpaired) electrons. The molecule has 9 heteroatoms. The summed E-state index contributed by atoms with van der Waals surface area (Å²) in [6, 6.07) is 18.7. The van der Waals surface area contributed by atoms with Crippen LogP contribution in [0.5, 0.6) is 0 Å². The molecule has 1 atom stereocenters. The lowest BCUT2D eigenvalue weighted by Crippen LogP contribution is -2.42. The smallest absolute Gasteiger partial charge is 0.243 e. The molecule has 4 rings (SSSR count). The second-order valence-electron chi connectivity index (χ2n) is 8.39. The van der Waals surface area contributed by atoms with Gasteiger partial charge in [-0.25, -0.2) is 12.8 Å². The topological polar surface area (TPSA) is 95.6 Å². The van der Waals surface area contributed by atoms with Crippen molar-refractivity contribution in [2.24, 2.45) is 0 Å². The maximum absolute atomic E-state index is 13.6. The lowest BCUT2D eigenvalue weighted by molar-refractivity contribution is -0.122. The molecule has 0 aromatic heterocycles. The van der Waals surface area contributed by atoms with Crippen LogP contribution >= 0.6 is 0 Å². The second kappa shape index (κ2) is 10.4. The summed E-state index contributed by atoms with van der Waals surface area (Å²) in [5.41, 5.74) is 3.05. The number of nitrogens with zero attached hydrogens (tertiary/aromatic N) is 1. The van der Waals surface area contributed by atoms with E-state index in [1.54, 1.807) is 12.1 Å². The van der Waals surface area contributed by atoms with Crippen LogP contribution in [0.2, 0.25) is 0 Å². The number of carbonyl (C=O) groups excluding carboxylic acids is 2. The van der Waals surface area contributed by atoms with Crippen molar-refractivity contribution in [3.63, 3.8) is 0 Å². The maximum Gasteiger partial charge on any atom is 0.243 e. The van der Waals surface area contributed by atoms with Gasteiger partial charge in [-0.3, -0.25) is 9.59 Å². The average molecular weight is 496 g/mol. The van der Waals surface area contributed by atoms with Crippen LogP contribution in [0.25, 0.3) is 0 Å². The Bertz CT molecular complexity index is 1330. The fourth-order valence-electron chi connectivity index (χ4n) is 4.23. The second-order valence-corrected chi connectivity index (χ2v) is 10.3. The van der Waals surface area contributed by atoms with Crippen molar-refractivity contribution in [2.75, 3.05) is 11.9 Å². The van der Waals surface area contributed by atoms with Crippen molar-refractivity contribution in [1.82, 2.24) is 9.62 Å². The molecule has 3 aromatic rings. The summed E-state index contributed by atoms with van der Waals surface area (Å²) in [4.78, 5) is 24.2. The van der Waals surface area contributed by atoms with E-state index in [4.69, 9.17) is 0 Å². The minimum absolute atomic E-state index is 0.0542. The third kappa shape index (κ3) is 5.75. The molecule has 182 valence electrons. The van der Waals surface area contributed by atoms with E-state index < -0.39 is 16.1 Å². The molecule has 1 unspecified atom stereocenters. The Morgan fingerprint density at radius 3 is 2.37 bits per heavy atom. The molecule has 0 aliphatic carbocycles. The Morgan fingerprint density at radius 2 is 1.69 bits per heavy atom. The minimum Gasteiger partial charge on any atom is -0.352 e. The first-order valence-electron chi connectivity index (χ1n) is 11.2. The van der Waals surface area contributed by atoms with E-state index in [0.29, 0.717) is 12.1 Å². The lowest BCUT2D eigenvalue weighted by Gasteiger charge is -2.36. The minimum atomic E-state index is -3.92. The Hall–Kier alpha value is -3.56. The normalized spacial score (nSPS) is 15.8. The van der Waals surface area contributed by atoms with E-state index in [-0.39, 0.29) is 42.0 Å². The highest BCUT2D eigenvalue weighted by Gasteiger charge is 2.37. The molecule has 0 fully saturated rings. The highest BCUT2D eigenvalue weighted by atomic mass is 32.2. The molecular formula is C26H26FN3O4S. The number of anilines is 1. The van der Waals surface area contributed by atoms with Crippen LogP contribution in [0.4, 0.5) is 10.1 Å². The van der Waals surface area contributed by atoms with Crippen LogP contribution in [-0.2, 0) is 32.6 Å². The van der Waals surface area contributed by atoms with E-state index in [9.17, 15) is 22.4 Å². The molecule has 2 N–H and O–H groups in total. The van der Waals surface area contributed by atoms with Crippen LogP contribution in [0.3, 0.4) is 0 Å². The number of nitrogens with one attached hydrogen (secondary N) is 2. The van der Waals surface area contributed by atoms with Gasteiger partial charge in [-0.1, -0.05) is 36.4 Å². The molecule has 7 nitrogen and oxygen atoms in total. The predicted octanol–water partition coefficient (Wildman–Crippen LogP) is 3.78. The Balaban J connectivity index is 1.57. The molecule has 0 saturated heterocycles. The number of benzene rings is 3. The zero-order valence-corrected chi connectivity index (χ0v) is 20.0. The first kappa shape index (κ1) is 24.6. The zero-order chi connectivity index (χ0) is 25.0. The average Bonchev–Trinajstić information content (AvgIpc) is 2.84. The standard InChI is InChI=1S/C26H26FN3O4S/c1-18(31)29-22-10-12-23(13-11-22)35(33,34)30-15-14-20-4-2-3-5-24(20)25(30)16-26(32)28-17-19-6-8-21(27)9-7-19/h2-13,25H,14-17H2,1H3,(H,28,32)(H,29,31). The van der Waals surface area contributed by atoms with Gasteiger partial charge in [-0.15, -0.1) is 0 Å². The highest BCUT2D eigenvalue weighted by molar-refractivity contribution is 7.89. The number of carbonyl (C=O) groups is 2. The van der Waals surface area contributed by atoms with Crippen molar-refractivity contribution < 1.29 is 22.4 Å². The summed E-state index contributed by atoms with van der Waals surface area (Å²) >= 11 is 0. The van der Waals surface area contributed by atoms with Gasteiger partial charge in [0.05, 0.1) is 10.9 Å². The van der Waals surface area contributed by atoms with E-state index >= 15 is 0 Å². The monoisotopic (exact) mass is 495 g/mol. The fourth-order valence-corrected chi connectivity index (χ4v) is 5.83. The zero-order valence-electron chi connectivity index (χ0n) is 19.2. The van der Waals surface area contributed by atoms with Gasteiger partial charge in [0, 0.05) is 32.1 Å². The van der Waals surface area contributed by atoms with Gasteiger partial charge in [0.25, 0.3) is 0 Å². The van der Waals surface area contributed by atoms with E-state index in [1.807, 2.05) is 24.3 Å². The van der Waals surface area contributed by atoms with Crippen LogP contribution in [0, 0.1) is 5.82 Å². The Kier molecular flexibility index (Phi) is 7.28. The summed E-state index contributed by atoms with van der Waals surface area (Å²) in [5.74, 6) is -0.915. The number of fused-ring (bicyclic) bond motifs is 1. The van der Waals surface area contributed by atoms with Crippen molar-refractivity contribution in [1.29, 1.82) is 0 Å². The molecule has 2 amide bonds. The summed E-state index contributed by atoms with van der Waals surface area (Å²) in [5, 5.41) is 5.43. The lowest BCUT2D eigenvalue weighted by atomic mass is 9.92. The first-order chi connectivity index (χ1) is 16.7. The number of halogens is 1. The third-order valence-electron chi connectivity index (χ3n) is 5.93. The van der Waals surface area contributed by atoms with Gasteiger partial charge in [0.15, 0.2) is 0 Å². The van der Waals surface area contributed by atoms with Crippen LogP contribution < -0.4 is 10.6 Å². The van der Waals surface area contributed by atoms with Gasteiger partial charge in [0.2, 0.25) is 21.8 Å². The van der Waals surface area contributed by atoms with Gasteiger partial charge in [-0.05, 0) is 59.5 Å². The molecule has 0 spiro atoms. The number of amides is 2. The van der Waals surface area contributed by atoms with Gasteiger partial charge in [-0.2, -0.15) is 4.31 Å². The molecule has 0 saturated carbocycles. The summed E-state index contributed by atoms with van der Waals surface area (Å²) in [6.07, 6.45) is 0.481. The summed E-state index contributed by atoms with van der Waals surface area (Å²) in [7, 11) is -3.92. The van der Waals surface area contributed by atoms with E-state index in [0.717, 1.165) is 16.7 Å². The molecule has 1 aliphatic heterocycles. The van der Waals surface area contributed by atoms with Crippen molar-refractivity contribution >= 4 is 27.5 Å². The number of hydrogen-bond acceptors (Lipinski definition) is 4. The van der Waals surface area contributed by atoms with E-state index in [2.05, 4.69) is 10.6 Å². The summed E-state index contributed by atoms with van der Waals surface area (Å²) in [6.45, 7) is 1.83. The molecule has 1 aliphatic rings. The first-order valence-corrected chi connectivity index (χ1v) is 12.7. The van der Waals surface area contributed by atoms with E-state index in [1.165, 1.54) is 47.6 Å². The highest BCUT2D eigenvalue weighted by Crippen LogP contribution is 2.36. The van der Waals surface area contributed by atoms with Crippen LogP contribution in [0.1, 0.15) is 36.1 Å². The van der Waals surface area contributed by atoms with Crippen molar-refractivity contribution in [3.05, 3.63) is 95.3 Å². The third-order valence-corrected chi connectivity index (χ3v) is 7.85. The number of rotatable bonds is 7. The Morgan fingerprint density at radius 1 is 1.00 bits per heavy atom. The largest absolute Gasteiger partial charge is 0.352 e. The van der Waals surface area contributed by atoms with Crippen LogP contribution in [0.15, 0.2) is 77.7 Å². The molecule has 0 bridgehead atoms. The maximum atomic E-state index is 13.6. The number of sulfonamides is 1. The fraction of sp³-hybridized carbons (Fsp3) is 0.231. The van der Waals surface area contributed by atoms with Crippen molar-refractivity contribution in [2.45, 2.75) is 37.2 Å². The quantitative estimate of drug-likeness (QED) is 0.522. The summed E-state index contributed by atoms with van der Waals surface area (Å²) < 4.78 is 41.7. The van der Waals surface area contributed by atoms with Crippen molar-refractivity contribution in [3.8, 4) is 0 Å². The van der Waals surface area contributed by atoms with Gasteiger partial charge >= 0.3 is 0 Å². The predicted molar refractivity (Wildman–Crippen MR) is 130 cm³/mol. The molecule has 3 aromatic carbocycles. The van der Waals surface area contributed by atoms with Crippen LogP contribution in [-0.4, -0.2) is 31.1 Å². The van der Waals surface area contributed by atoms with Gasteiger partial charge in [0.1, 0.15) is 5.82 Å². The molecule has 1 heterocycles.